The number of likely N-dealkylation sites (tertiary alicyclic amines) is 1. The number of rotatable bonds is 6. The minimum Gasteiger partial charge on any atom is -0.378 e. The van der Waals surface area contributed by atoms with E-state index in [1.165, 1.54) is 22.4 Å². The fourth-order valence-corrected chi connectivity index (χ4v) is 4.60. The first-order chi connectivity index (χ1) is 15.9. The van der Waals surface area contributed by atoms with Gasteiger partial charge < -0.3 is 9.80 Å². The lowest BCUT2D eigenvalue weighted by molar-refractivity contribution is 0.0958. The van der Waals surface area contributed by atoms with Gasteiger partial charge in [-0.15, -0.1) is 0 Å². The monoisotopic (exact) mass is 441 g/mol. The standard InChI is InChI=1S/C29H35N3O/c1-22-8-12-25(13-9-22)29(33)32(28-7-5-6-23(2)20-28)27-16-18-31(19-17-27)21-24-10-14-26(15-11-24)30(3)4/h5-15,20,27H,16-19,21H2,1-4H3. The summed E-state index contributed by atoms with van der Waals surface area (Å²) in [6, 6.07) is 25.3. The van der Waals surface area contributed by atoms with E-state index in [0.717, 1.165) is 43.7 Å². The van der Waals surface area contributed by atoms with Gasteiger partial charge in [0.2, 0.25) is 0 Å². The fraction of sp³-hybridized carbons (Fsp3) is 0.345. The third kappa shape index (κ3) is 5.63. The van der Waals surface area contributed by atoms with Crippen LogP contribution in [0.15, 0.2) is 72.8 Å². The molecule has 0 N–H and O–H groups in total. The Morgan fingerprint density at radius 3 is 2.12 bits per heavy atom. The van der Waals surface area contributed by atoms with Gasteiger partial charge in [0.05, 0.1) is 0 Å². The summed E-state index contributed by atoms with van der Waals surface area (Å²) in [7, 11) is 4.13. The molecule has 0 unspecified atom stereocenters. The van der Waals surface area contributed by atoms with Gasteiger partial charge >= 0.3 is 0 Å². The summed E-state index contributed by atoms with van der Waals surface area (Å²) in [4.78, 5) is 20.3. The molecule has 172 valence electrons. The van der Waals surface area contributed by atoms with Crippen LogP contribution in [0.3, 0.4) is 0 Å². The molecule has 4 rings (SSSR count). The van der Waals surface area contributed by atoms with Crippen molar-refractivity contribution < 1.29 is 4.79 Å². The number of aryl methyl sites for hydroxylation is 2. The molecule has 1 heterocycles. The number of carbonyl (C=O) groups is 1. The lowest BCUT2D eigenvalue weighted by Crippen LogP contribution is -2.47. The summed E-state index contributed by atoms with van der Waals surface area (Å²) in [5.74, 6) is 0.0957. The Balaban J connectivity index is 1.48. The minimum absolute atomic E-state index is 0.0957. The van der Waals surface area contributed by atoms with Crippen molar-refractivity contribution in [3.05, 3.63) is 95.1 Å². The molecule has 0 saturated carbocycles. The van der Waals surface area contributed by atoms with Crippen LogP contribution < -0.4 is 9.80 Å². The number of carbonyl (C=O) groups excluding carboxylic acids is 1. The number of hydrogen-bond acceptors (Lipinski definition) is 3. The predicted molar refractivity (Wildman–Crippen MR) is 138 cm³/mol. The van der Waals surface area contributed by atoms with E-state index in [4.69, 9.17) is 0 Å². The van der Waals surface area contributed by atoms with E-state index in [1.807, 2.05) is 35.2 Å². The van der Waals surface area contributed by atoms with Gasteiger partial charge in [-0.3, -0.25) is 9.69 Å². The molecular formula is C29H35N3O. The van der Waals surface area contributed by atoms with Gasteiger partial charge in [0.1, 0.15) is 0 Å². The van der Waals surface area contributed by atoms with Crippen LogP contribution >= 0.6 is 0 Å². The van der Waals surface area contributed by atoms with Crippen LogP contribution in [0.4, 0.5) is 11.4 Å². The highest BCUT2D eigenvalue weighted by Gasteiger charge is 2.30. The minimum atomic E-state index is 0.0957. The van der Waals surface area contributed by atoms with Gasteiger partial charge in [0, 0.05) is 56.7 Å². The highest BCUT2D eigenvalue weighted by atomic mass is 16.2. The van der Waals surface area contributed by atoms with Gasteiger partial charge in [-0.2, -0.15) is 0 Å². The van der Waals surface area contributed by atoms with Gasteiger partial charge in [-0.05, 0) is 74.2 Å². The van der Waals surface area contributed by atoms with Crippen LogP contribution in [0.1, 0.15) is 39.9 Å². The van der Waals surface area contributed by atoms with Crippen molar-refractivity contribution in [2.45, 2.75) is 39.3 Å². The normalized spacial score (nSPS) is 14.8. The van der Waals surface area contributed by atoms with Crippen molar-refractivity contribution in [2.75, 3.05) is 37.0 Å². The van der Waals surface area contributed by atoms with E-state index in [1.54, 1.807) is 0 Å². The van der Waals surface area contributed by atoms with Crippen molar-refractivity contribution in [2.24, 2.45) is 0 Å². The van der Waals surface area contributed by atoms with Crippen molar-refractivity contribution in [3.63, 3.8) is 0 Å². The molecule has 0 radical (unpaired) electrons. The number of hydrogen-bond donors (Lipinski definition) is 0. The Morgan fingerprint density at radius 1 is 0.848 bits per heavy atom. The molecule has 1 aliphatic rings. The predicted octanol–water partition coefficient (Wildman–Crippen LogP) is 5.68. The number of anilines is 2. The molecule has 0 spiro atoms. The zero-order chi connectivity index (χ0) is 23.4. The summed E-state index contributed by atoms with van der Waals surface area (Å²) in [5, 5.41) is 0. The van der Waals surface area contributed by atoms with E-state index in [-0.39, 0.29) is 11.9 Å². The van der Waals surface area contributed by atoms with Gasteiger partial charge in [-0.25, -0.2) is 0 Å². The Labute approximate surface area is 198 Å². The number of benzene rings is 3. The molecule has 0 aromatic heterocycles. The zero-order valence-electron chi connectivity index (χ0n) is 20.3. The molecule has 4 nitrogen and oxygen atoms in total. The Bertz CT molecular complexity index is 1060. The molecule has 1 aliphatic heterocycles. The van der Waals surface area contributed by atoms with E-state index in [9.17, 15) is 4.79 Å². The fourth-order valence-electron chi connectivity index (χ4n) is 4.60. The van der Waals surface area contributed by atoms with Crippen molar-refractivity contribution in [1.82, 2.24) is 4.90 Å². The highest BCUT2D eigenvalue weighted by molar-refractivity contribution is 6.06. The molecule has 1 saturated heterocycles. The number of piperidine rings is 1. The summed E-state index contributed by atoms with van der Waals surface area (Å²) in [6.07, 6.45) is 1.95. The molecule has 1 amide bonds. The van der Waals surface area contributed by atoms with Crippen LogP contribution in [0.25, 0.3) is 0 Å². The Morgan fingerprint density at radius 2 is 1.52 bits per heavy atom. The third-order valence-electron chi connectivity index (χ3n) is 6.58. The Hall–Kier alpha value is -3.11. The topological polar surface area (TPSA) is 26.8 Å². The molecule has 1 fully saturated rings. The lowest BCUT2D eigenvalue weighted by atomic mass is 9.99. The van der Waals surface area contributed by atoms with Gasteiger partial charge in [-0.1, -0.05) is 42.0 Å². The van der Waals surface area contributed by atoms with Crippen molar-refractivity contribution in [1.29, 1.82) is 0 Å². The zero-order valence-corrected chi connectivity index (χ0v) is 20.3. The average Bonchev–Trinajstić information content (AvgIpc) is 2.81. The van der Waals surface area contributed by atoms with E-state index in [0.29, 0.717) is 0 Å². The highest BCUT2D eigenvalue weighted by Crippen LogP contribution is 2.27. The molecule has 0 atom stereocenters. The SMILES string of the molecule is Cc1ccc(C(=O)N(c2cccc(C)c2)C2CCN(Cc3ccc(N(C)C)cc3)CC2)cc1. The first-order valence-corrected chi connectivity index (χ1v) is 11.9. The molecular weight excluding hydrogens is 406 g/mol. The van der Waals surface area contributed by atoms with Crippen molar-refractivity contribution in [3.8, 4) is 0 Å². The smallest absolute Gasteiger partial charge is 0.258 e. The second-order valence-corrected chi connectivity index (χ2v) is 9.45. The third-order valence-corrected chi connectivity index (χ3v) is 6.58. The van der Waals surface area contributed by atoms with Gasteiger partial charge in [0.15, 0.2) is 0 Å². The van der Waals surface area contributed by atoms with Crippen LogP contribution in [-0.4, -0.2) is 44.0 Å². The first kappa shape index (κ1) is 23.1. The van der Waals surface area contributed by atoms with Crippen LogP contribution in [-0.2, 0) is 6.54 Å². The van der Waals surface area contributed by atoms with Crippen LogP contribution in [0.5, 0.6) is 0 Å². The van der Waals surface area contributed by atoms with Crippen LogP contribution in [0.2, 0.25) is 0 Å². The lowest BCUT2D eigenvalue weighted by Gasteiger charge is -2.39. The van der Waals surface area contributed by atoms with E-state index < -0.39 is 0 Å². The molecule has 33 heavy (non-hydrogen) atoms. The molecule has 0 aliphatic carbocycles. The average molecular weight is 442 g/mol. The van der Waals surface area contributed by atoms with Crippen LogP contribution in [0, 0.1) is 13.8 Å². The van der Waals surface area contributed by atoms with Crippen molar-refractivity contribution >= 4 is 17.3 Å². The molecule has 0 bridgehead atoms. The number of nitrogens with zero attached hydrogens (tertiary/aromatic N) is 3. The second-order valence-electron chi connectivity index (χ2n) is 9.45. The van der Waals surface area contributed by atoms with Gasteiger partial charge in [0.25, 0.3) is 5.91 Å². The molecule has 3 aromatic carbocycles. The summed E-state index contributed by atoms with van der Waals surface area (Å²) in [6.45, 7) is 7.07. The summed E-state index contributed by atoms with van der Waals surface area (Å²) < 4.78 is 0. The Kier molecular flexibility index (Phi) is 7.14. The maximum absolute atomic E-state index is 13.6. The largest absolute Gasteiger partial charge is 0.378 e. The molecule has 3 aromatic rings. The maximum atomic E-state index is 13.6. The maximum Gasteiger partial charge on any atom is 0.258 e. The quantitative estimate of drug-likeness (QED) is 0.492. The molecule has 4 heteroatoms. The van der Waals surface area contributed by atoms with E-state index in [2.05, 4.69) is 80.2 Å². The van der Waals surface area contributed by atoms with E-state index >= 15 is 0 Å². The number of amides is 1. The summed E-state index contributed by atoms with van der Waals surface area (Å²) in [5.41, 5.74) is 6.66. The summed E-state index contributed by atoms with van der Waals surface area (Å²) >= 11 is 0. The second kappa shape index (κ2) is 10.2. The first-order valence-electron chi connectivity index (χ1n) is 11.9.